The minimum atomic E-state index is -4.51. The lowest BCUT2D eigenvalue weighted by Gasteiger charge is -2.34. The molecular formula is C25H25F3N4O3. The Morgan fingerprint density at radius 1 is 1.11 bits per heavy atom. The molecule has 2 N–H and O–H groups in total. The fourth-order valence-corrected chi connectivity index (χ4v) is 4.41. The van der Waals surface area contributed by atoms with Crippen LogP contribution in [0, 0.1) is 0 Å². The number of ether oxygens (including phenoxy) is 2. The first-order valence-corrected chi connectivity index (χ1v) is 11.5. The van der Waals surface area contributed by atoms with Crippen LogP contribution >= 0.6 is 0 Å². The van der Waals surface area contributed by atoms with Crippen LogP contribution < -0.4 is 20.1 Å². The van der Waals surface area contributed by atoms with Gasteiger partial charge in [-0.25, -0.2) is 4.68 Å². The number of hydrogen-bond donors (Lipinski definition) is 2. The van der Waals surface area contributed by atoms with Crippen molar-refractivity contribution in [3.05, 3.63) is 70.9 Å². The molecule has 5 rings (SSSR count). The molecule has 3 aromatic rings. The van der Waals surface area contributed by atoms with Gasteiger partial charge >= 0.3 is 6.18 Å². The summed E-state index contributed by atoms with van der Waals surface area (Å²) in [6, 6.07) is 10.4. The Kier molecular flexibility index (Phi) is 6.04. The molecule has 184 valence electrons. The molecular weight excluding hydrogens is 461 g/mol. The van der Waals surface area contributed by atoms with E-state index >= 15 is 0 Å². The lowest BCUT2D eigenvalue weighted by atomic mass is 9.95. The predicted octanol–water partition coefficient (Wildman–Crippen LogP) is 4.81. The van der Waals surface area contributed by atoms with Crippen LogP contribution in [-0.2, 0) is 13.0 Å². The number of amides is 1. The fraction of sp³-hybridized carbons (Fsp3) is 0.360. The zero-order valence-electron chi connectivity index (χ0n) is 19.1. The normalized spacial score (nSPS) is 19.0. The Morgan fingerprint density at radius 3 is 2.54 bits per heavy atom. The highest BCUT2D eigenvalue weighted by Crippen LogP contribution is 2.44. The lowest BCUT2D eigenvalue weighted by molar-refractivity contribution is -0.173. The molecule has 0 radical (unpaired) electrons. The minimum Gasteiger partial charge on any atom is -0.486 e. The third-order valence-electron chi connectivity index (χ3n) is 6.33. The summed E-state index contributed by atoms with van der Waals surface area (Å²) in [6.07, 6.45) is -2.71. The van der Waals surface area contributed by atoms with Gasteiger partial charge in [-0.15, -0.1) is 0 Å². The first kappa shape index (κ1) is 23.1. The molecule has 10 heteroatoms. The number of benzene rings is 2. The van der Waals surface area contributed by atoms with E-state index < -0.39 is 24.2 Å². The molecule has 0 aliphatic carbocycles. The number of anilines is 1. The number of carbonyl (C=O) groups excluding carboxylic acids is 1. The number of carbonyl (C=O) groups is 1. The maximum Gasteiger partial charge on any atom is 0.410 e. The van der Waals surface area contributed by atoms with Gasteiger partial charge in [0.25, 0.3) is 5.91 Å². The van der Waals surface area contributed by atoms with Gasteiger partial charge in [0.15, 0.2) is 17.5 Å². The number of rotatable bonds is 5. The lowest BCUT2D eigenvalue weighted by Crippen LogP contribution is -2.36. The van der Waals surface area contributed by atoms with Crippen molar-refractivity contribution < 1.29 is 27.4 Å². The summed E-state index contributed by atoms with van der Waals surface area (Å²) in [7, 11) is 0. The van der Waals surface area contributed by atoms with E-state index in [2.05, 4.69) is 15.7 Å². The number of nitrogens with one attached hydrogen (secondary N) is 2. The minimum absolute atomic E-state index is 0.0582. The summed E-state index contributed by atoms with van der Waals surface area (Å²) in [5.41, 5.74) is 2.66. The second kappa shape index (κ2) is 9.16. The van der Waals surface area contributed by atoms with E-state index in [9.17, 15) is 18.0 Å². The molecule has 0 saturated carbocycles. The summed E-state index contributed by atoms with van der Waals surface area (Å²) in [5.74, 6) is 0.773. The first-order chi connectivity index (χ1) is 16.8. The van der Waals surface area contributed by atoms with Crippen molar-refractivity contribution in [1.82, 2.24) is 15.1 Å². The summed E-state index contributed by atoms with van der Waals surface area (Å²) in [5, 5.41) is 9.83. The van der Waals surface area contributed by atoms with Crippen molar-refractivity contribution in [3.8, 4) is 11.5 Å². The highest BCUT2D eigenvalue weighted by molar-refractivity contribution is 5.98. The monoisotopic (exact) mass is 486 g/mol. The van der Waals surface area contributed by atoms with Gasteiger partial charge in [-0.3, -0.25) is 4.79 Å². The van der Waals surface area contributed by atoms with Crippen LogP contribution in [-0.4, -0.2) is 35.1 Å². The third kappa shape index (κ3) is 4.65. The van der Waals surface area contributed by atoms with E-state index in [1.54, 1.807) is 18.2 Å². The molecule has 2 aromatic carbocycles. The Labute approximate surface area is 200 Å². The van der Waals surface area contributed by atoms with Crippen molar-refractivity contribution >= 4 is 11.7 Å². The smallest absolute Gasteiger partial charge is 0.410 e. The standard InChI is InChI=1S/C25H25F3N4O3/c1-2-15-3-6-17(7-4-15)19-12-22(25(26,27)28)32-23(31-19)18(14-30-32)24(33)29-13-16-5-8-20-21(11-16)35-10-9-34-20/h3-8,11,14,19,22,31H,2,9-10,12-13H2,1H3,(H,29,33)/t19-,22+/m1/s1. The third-order valence-corrected chi connectivity index (χ3v) is 6.33. The Balaban J connectivity index is 1.37. The van der Waals surface area contributed by atoms with E-state index in [0.717, 1.165) is 27.8 Å². The largest absolute Gasteiger partial charge is 0.486 e. The summed E-state index contributed by atoms with van der Waals surface area (Å²) in [4.78, 5) is 13.0. The molecule has 3 heterocycles. The van der Waals surface area contributed by atoms with E-state index in [0.29, 0.717) is 24.7 Å². The van der Waals surface area contributed by atoms with Crippen LogP contribution in [0.4, 0.5) is 19.0 Å². The van der Waals surface area contributed by atoms with E-state index in [-0.39, 0.29) is 24.3 Å². The highest BCUT2D eigenvalue weighted by Gasteiger charge is 2.47. The van der Waals surface area contributed by atoms with E-state index in [4.69, 9.17) is 9.47 Å². The second-order valence-corrected chi connectivity index (χ2v) is 8.60. The van der Waals surface area contributed by atoms with Crippen LogP contribution in [0.15, 0.2) is 48.7 Å². The van der Waals surface area contributed by atoms with Crippen molar-refractivity contribution in [3.63, 3.8) is 0 Å². The Morgan fingerprint density at radius 2 is 1.83 bits per heavy atom. The molecule has 0 unspecified atom stereocenters. The van der Waals surface area contributed by atoms with Crippen LogP contribution in [0.25, 0.3) is 0 Å². The topological polar surface area (TPSA) is 77.4 Å². The summed E-state index contributed by atoms with van der Waals surface area (Å²) < 4.78 is 53.7. The zero-order chi connectivity index (χ0) is 24.6. The quantitative estimate of drug-likeness (QED) is 0.542. The number of halogens is 3. The molecule has 2 atom stereocenters. The summed E-state index contributed by atoms with van der Waals surface area (Å²) in [6.45, 7) is 3.11. The molecule has 1 amide bonds. The van der Waals surface area contributed by atoms with Gasteiger partial charge in [0, 0.05) is 13.0 Å². The number of aryl methyl sites for hydroxylation is 1. The molecule has 7 nitrogen and oxygen atoms in total. The zero-order valence-corrected chi connectivity index (χ0v) is 19.1. The van der Waals surface area contributed by atoms with Gasteiger partial charge in [0.2, 0.25) is 0 Å². The molecule has 1 aromatic heterocycles. The number of aromatic nitrogens is 2. The maximum absolute atomic E-state index is 13.9. The number of alkyl halides is 3. The van der Waals surface area contributed by atoms with Crippen LogP contribution in [0.2, 0.25) is 0 Å². The van der Waals surface area contributed by atoms with Gasteiger partial charge in [-0.2, -0.15) is 18.3 Å². The van der Waals surface area contributed by atoms with Crippen molar-refractivity contribution in [2.45, 2.75) is 44.6 Å². The van der Waals surface area contributed by atoms with E-state index in [1.165, 1.54) is 6.20 Å². The fourth-order valence-electron chi connectivity index (χ4n) is 4.41. The van der Waals surface area contributed by atoms with Crippen LogP contribution in [0.1, 0.15) is 52.5 Å². The van der Waals surface area contributed by atoms with Gasteiger partial charge < -0.3 is 20.1 Å². The van der Waals surface area contributed by atoms with Gasteiger partial charge in [0.05, 0.1) is 12.2 Å². The average Bonchev–Trinajstić information content (AvgIpc) is 3.30. The molecule has 2 aliphatic heterocycles. The molecule has 0 spiro atoms. The van der Waals surface area contributed by atoms with Gasteiger partial charge in [-0.1, -0.05) is 37.3 Å². The average molecular weight is 486 g/mol. The molecule has 0 saturated heterocycles. The highest BCUT2D eigenvalue weighted by atomic mass is 19.4. The van der Waals surface area contributed by atoms with Crippen molar-refractivity contribution in [2.75, 3.05) is 18.5 Å². The molecule has 0 bridgehead atoms. The van der Waals surface area contributed by atoms with Gasteiger partial charge in [0.1, 0.15) is 24.6 Å². The van der Waals surface area contributed by atoms with E-state index in [1.807, 2.05) is 31.2 Å². The first-order valence-electron chi connectivity index (χ1n) is 11.5. The molecule has 2 aliphatic rings. The SMILES string of the molecule is CCc1ccc([C@H]2C[C@@H](C(F)(F)F)n3ncc(C(=O)NCc4ccc5c(c4)OCCO5)c3N2)cc1. The Bertz CT molecular complexity index is 1220. The number of nitrogens with zero attached hydrogens (tertiary/aromatic N) is 2. The summed E-state index contributed by atoms with van der Waals surface area (Å²) >= 11 is 0. The number of fused-ring (bicyclic) bond motifs is 2. The Hall–Kier alpha value is -3.69. The second-order valence-electron chi connectivity index (χ2n) is 8.60. The predicted molar refractivity (Wildman–Crippen MR) is 123 cm³/mol. The molecule has 35 heavy (non-hydrogen) atoms. The molecule has 0 fully saturated rings. The number of hydrogen-bond acceptors (Lipinski definition) is 5. The van der Waals surface area contributed by atoms with Crippen molar-refractivity contribution in [2.24, 2.45) is 0 Å². The van der Waals surface area contributed by atoms with Crippen LogP contribution in [0.3, 0.4) is 0 Å². The van der Waals surface area contributed by atoms with Gasteiger partial charge in [-0.05, 0) is 35.2 Å². The maximum atomic E-state index is 13.9. The van der Waals surface area contributed by atoms with Crippen LogP contribution in [0.5, 0.6) is 11.5 Å². The van der Waals surface area contributed by atoms with Crippen molar-refractivity contribution in [1.29, 1.82) is 0 Å².